The lowest BCUT2D eigenvalue weighted by Crippen LogP contribution is -2.40. The molecule has 0 unspecified atom stereocenters. The Labute approximate surface area is 75.9 Å². The number of rotatable bonds is 0. The van der Waals surface area contributed by atoms with Crippen LogP contribution >= 0.6 is 12.4 Å². The Bertz CT molecular complexity index is 64.7. The summed E-state index contributed by atoms with van der Waals surface area (Å²) in [7, 11) is 5.90. The van der Waals surface area contributed by atoms with Crippen LogP contribution < -0.4 is 10.6 Å². The molecule has 1 fully saturated rings. The normalized spacial score (nSPS) is 17.7. The van der Waals surface area contributed by atoms with Crippen LogP contribution in [0.4, 0.5) is 0 Å². The summed E-state index contributed by atoms with van der Waals surface area (Å²) in [5.74, 6) is 0. The van der Waals surface area contributed by atoms with Gasteiger partial charge in [0.15, 0.2) is 0 Å². The molecule has 11 heavy (non-hydrogen) atoms. The number of halogens is 1. The molecule has 0 aromatic heterocycles. The first-order chi connectivity index (χ1) is 4.81. The van der Waals surface area contributed by atoms with Crippen molar-refractivity contribution >= 4 is 12.4 Å². The first-order valence-electron chi connectivity index (χ1n) is 3.79. The van der Waals surface area contributed by atoms with Crippen molar-refractivity contribution in [3.8, 4) is 0 Å². The zero-order chi connectivity index (χ0) is 7.82. The highest BCUT2D eigenvalue weighted by molar-refractivity contribution is 5.85. The number of nitrogens with zero attached hydrogens (tertiary/aromatic N) is 1. The maximum atomic E-state index is 3.27. The highest BCUT2D eigenvalue weighted by Gasteiger charge is 2.01. The van der Waals surface area contributed by atoms with Gasteiger partial charge >= 0.3 is 0 Å². The van der Waals surface area contributed by atoms with Gasteiger partial charge in [-0.15, -0.1) is 12.4 Å². The third-order valence-corrected chi connectivity index (χ3v) is 1.34. The van der Waals surface area contributed by atoms with E-state index in [1.54, 1.807) is 0 Å². The molecule has 0 saturated carbocycles. The Morgan fingerprint density at radius 1 is 1.18 bits per heavy atom. The van der Waals surface area contributed by atoms with Crippen LogP contribution in [0, 0.1) is 0 Å². The van der Waals surface area contributed by atoms with Gasteiger partial charge in [0.05, 0.1) is 0 Å². The minimum Gasteiger partial charge on any atom is -0.323 e. The first-order valence-corrected chi connectivity index (χ1v) is 3.79. The van der Waals surface area contributed by atoms with Gasteiger partial charge in [0.25, 0.3) is 0 Å². The molecule has 1 aliphatic rings. The lowest BCUT2D eigenvalue weighted by molar-refractivity contribution is 0.291. The Morgan fingerprint density at radius 3 is 1.73 bits per heavy atom. The van der Waals surface area contributed by atoms with Crippen LogP contribution in [0.15, 0.2) is 0 Å². The summed E-state index contributed by atoms with van der Waals surface area (Å²) >= 11 is 0. The van der Waals surface area contributed by atoms with E-state index in [2.05, 4.69) is 22.6 Å². The fourth-order valence-electron chi connectivity index (χ4n) is 0.777. The van der Waals surface area contributed by atoms with Crippen LogP contribution in [0.3, 0.4) is 0 Å². The number of piperazine rings is 1. The van der Waals surface area contributed by atoms with Crippen LogP contribution in [0.2, 0.25) is 0 Å². The molecule has 2 N–H and O–H groups in total. The average molecular weight is 182 g/mol. The van der Waals surface area contributed by atoms with Gasteiger partial charge in [0.2, 0.25) is 0 Å². The van der Waals surface area contributed by atoms with Crippen LogP contribution in [-0.2, 0) is 0 Å². The van der Waals surface area contributed by atoms with Crippen molar-refractivity contribution in [2.24, 2.45) is 0 Å². The molecule has 0 aliphatic carbocycles. The maximum Gasteiger partial charge on any atom is 0.0104 e. The van der Waals surface area contributed by atoms with E-state index in [1.165, 1.54) is 13.1 Å². The van der Waals surface area contributed by atoms with Crippen molar-refractivity contribution in [1.29, 1.82) is 0 Å². The SMILES string of the molecule is CN1CCNCC1.CNC.Cl. The minimum absolute atomic E-state index is 0. The summed E-state index contributed by atoms with van der Waals surface area (Å²) in [4.78, 5) is 2.33. The Balaban J connectivity index is 0. The van der Waals surface area contributed by atoms with Gasteiger partial charge in [-0.3, -0.25) is 0 Å². The zero-order valence-corrected chi connectivity index (χ0v) is 8.50. The zero-order valence-electron chi connectivity index (χ0n) is 7.68. The predicted octanol–water partition coefficient (Wildman–Crippen LogP) is -0.221. The molecule has 0 spiro atoms. The van der Waals surface area contributed by atoms with Gasteiger partial charge in [-0.05, 0) is 21.1 Å². The summed E-state index contributed by atoms with van der Waals surface area (Å²) in [5.41, 5.74) is 0. The Hall–Kier alpha value is 0.170. The van der Waals surface area contributed by atoms with Crippen LogP contribution in [0.1, 0.15) is 0 Å². The van der Waals surface area contributed by atoms with Crippen molar-refractivity contribution in [2.45, 2.75) is 0 Å². The molecule has 1 heterocycles. The second-order valence-corrected chi connectivity index (χ2v) is 2.55. The Morgan fingerprint density at radius 2 is 1.55 bits per heavy atom. The fourth-order valence-corrected chi connectivity index (χ4v) is 0.777. The molecule has 0 aromatic carbocycles. The van der Waals surface area contributed by atoms with Gasteiger partial charge < -0.3 is 15.5 Å². The minimum atomic E-state index is 0. The summed E-state index contributed by atoms with van der Waals surface area (Å²) in [6, 6.07) is 0. The highest BCUT2D eigenvalue weighted by Crippen LogP contribution is 1.82. The van der Waals surface area contributed by atoms with Gasteiger partial charge in [-0.1, -0.05) is 0 Å². The van der Waals surface area contributed by atoms with E-state index in [1.807, 2.05) is 14.1 Å². The number of nitrogens with one attached hydrogen (secondary N) is 2. The molecule has 70 valence electrons. The number of hydrogen-bond donors (Lipinski definition) is 2. The van der Waals surface area contributed by atoms with Crippen molar-refractivity contribution in [3.63, 3.8) is 0 Å². The largest absolute Gasteiger partial charge is 0.323 e. The molecule has 0 bridgehead atoms. The van der Waals surface area contributed by atoms with E-state index in [-0.39, 0.29) is 12.4 Å². The lowest BCUT2D eigenvalue weighted by Gasteiger charge is -2.21. The van der Waals surface area contributed by atoms with Crippen LogP contribution in [-0.4, -0.2) is 52.2 Å². The van der Waals surface area contributed by atoms with Gasteiger partial charge in [0.1, 0.15) is 0 Å². The molecule has 3 nitrogen and oxygen atoms in total. The summed E-state index contributed by atoms with van der Waals surface area (Å²) in [6.07, 6.45) is 0. The molecule has 0 atom stereocenters. The molecule has 0 aromatic rings. The third-order valence-electron chi connectivity index (χ3n) is 1.34. The van der Waals surface area contributed by atoms with E-state index in [4.69, 9.17) is 0 Å². The predicted molar refractivity (Wildman–Crippen MR) is 52.6 cm³/mol. The molecule has 4 heteroatoms. The molecule has 0 radical (unpaired) electrons. The smallest absolute Gasteiger partial charge is 0.0104 e. The van der Waals surface area contributed by atoms with Gasteiger partial charge in [0, 0.05) is 26.2 Å². The monoisotopic (exact) mass is 181 g/mol. The quantitative estimate of drug-likeness (QED) is 0.541. The van der Waals surface area contributed by atoms with E-state index in [9.17, 15) is 0 Å². The van der Waals surface area contributed by atoms with E-state index >= 15 is 0 Å². The van der Waals surface area contributed by atoms with E-state index in [0.717, 1.165) is 13.1 Å². The average Bonchev–Trinajstić information content (AvgIpc) is 1.91. The molecule has 1 saturated heterocycles. The summed E-state index contributed by atoms with van der Waals surface area (Å²) in [5, 5.41) is 6.02. The molecule has 1 rings (SSSR count). The molecule has 0 amide bonds. The summed E-state index contributed by atoms with van der Waals surface area (Å²) < 4.78 is 0. The second kappa shape index (κ2) is 10.2. The molecular weight excluding hydrogens is 162 g/mol. The van der Waals surface area contributed by atoms with Crippen molar-refractivity contribution in [2.75, 3.05) is 47.3 Å². The topological polar surface area (TPSA) is 27.3 Å². The van der Waals surface area contributed by atoms with Gasteiger partial charge in [-0.25, -0.2) is 0 Å². The second-order valence-electron chi connectivity index (χ2n) is 2.55. The highest BCUT2D eigenvalue weighted by atomic mass is 35.5. The Kier molecular flexibility index (Phi) is 12.7. The molecule has 1 aliphatic heterocycles. The van der Waals surface area contributed by atoms with E-state index < -0.39 is 0 Å². The van der Waals surface area contributed by atoms with Gasteiger partial charge in [-0.2, -0.15) is 0 Å². The van der Waals surface area contributed by atoms with Crippen LogP contribution in [0.25, 0.3) is 0 Å². The van der Waals surface area contributed by atoms with Crippen LogP contribution in [0.5, 0.6) is 0 Å². The van der Waals surface area contributed by atoms with Crippen molar-refractivity contribution < 1.29 is 0 Å². The lowest BCUT2D eigenvalue weighted by atomic mass is 10.4. The molecular formula is C7H20ClN3. The number of likely N-dealkylation sites (N-methyl/N-ethyl adjacent to an activating group) is 1. The first kappa shape index (κ1) is 13.7. The van der Waals surface area contributed by atoms with Crippen molar-refractivity contribution in [1.82, 2.24) is 15.5 Å². The summed E-state index contributed by atoms with van der Waals surface area (Å²) in [6.45, 7) is 4.74. The maximum absolute atomic E-state index is 3.27. The standard InChI is InChI=1S/C5H12N2.C2H7N.ClH/c1-7-4-2-6-3-5-7;1-3-2;/h6H,2-5H2,1H3;3H,1-2H3;1H. The van der Waals surface area contributed by atoms with E-state index in [0.29, 0.717) is 0 Å². The third kappa shape index (κ3) is 10.2. The van der Waals surface area contributed by atoms with Crippen molar-refractivity contribution in [3.05, 3.63) is 0 Å². The number of hydrogen-bond acceptors (Lipinski definition) is 3. The fraction of sp³-hybridized carbons (Fsp3) is 1.00.